The van der Waals surface area contributed by atoms with E-state index in [9.17, 15) is 2.74 Å². The van der Waals surface area contributed by atoms with E-state index >= 15 is 0 Å². The number of rotatable bonds is 6. The highest BCUT2D eigenvalue weighted by molar-refractivity contribution is 6.13. The maximum atomic E-state index is 9.81. The molecule has 10 aromatic rings. The molecule has 2 heterocycles. The lowest BCUT2D eigenvalue weighted by Crippen LogP contribution is -2.01. The second kappa shape index (κ2) is 12.9. The molecule has 0 unspecified atom stereocenters. The van der Waals surface area contributed by atoms with Crippen molar-refractivity contribution in [3.63, 3.8) is 0 Å². The standard InChI is InChI=1S/C49H31N3O/c1-4-14-32(15-5-1)39-30-43(46-41-22-12-13-23-44(41)53-45(46)31-39)49-51-47(35-19-8-3-9-20-35)50-48(52-49)38-26-27-40(42(29-38)34-17-6-2-7-18-34)37-25-24-33-16-10-11-21-36(33)28-37/h1-31H/i3D,8D,9D,12D,13D,19D,20D,23D,30D,31D. The van der Waals surface area contributed by atoms with Crippen LogP contribution < -0.4 is 0 Å². The predicted molar refractivity (Wildman–Crippen MR) is 217 cm³/mol. The van der Waals surface area contributed by atoms with Crippen molar-refractivity contribution in [2.75, 3.05) is 0 Å². The Morgan fingerprint density at radius 2 is 1.08 bits per heavy atom. The number of hydrogen-bond acceptors (Lipinski definition) is 4. The minimum Gasteiger partial charge on any atom is -0.456 e. The van der Waals surface area contributed by atoms with Crippen LogP contribution in [-0.4, -0.2) is 15.0 Å². The first kappa shape index (κ1) is 21.9. The normalized spacial score (nSPS) is 14.0. The van der Waals surface area contributed by atoms with Crippen molar-refractivity contribution >= 4 is 32.7 Å². The van der Waals surface area contributed by atoms with Gasteiger partial charge in [0.15, 0.2) is 17.5 Å². The van der Waals surface area contributed by atoms with Crippen molar-refractivity contribution < 1.29 is 18.1 Å². The monoisotopic (exact) mass is 687 g/mol. The molecular weight excluding hydrogens is 647 g/mol. The lowest BCUT2D eigenvalue weighted by Gasteiger charge is -2.15. The molecular formula is C49H31N3O. The van der Waals surface area contributed by atoms with Crippen molar-refractivity contribution in [1.29, 1.82) is 0 Å². The van der Waals surface area contributed by atoms with E-state index in [-0.39, 0.29) is 86.3 Å². The fraction of sp³-hybridized carbons (Fsp3) is 0. The zero-order valence-electron chi connectivity index (χ0n) is 37.9. The number of benzene rings is 8. The van der Waals surface area contributed by atoms with Crippen LogP contribution in [0.5, 0.6) is 0 Å². The molecule has 0 aliphatic heterocycles. The Bertz CT molecular complexity index is 3500. The summed E-state index contributed by atoms with van der Waals surface area (Å²) < 4.78 is 94.3. The van der Waals surface area contributed by atoms with Gasteiger partial charge in [-0.05, 0) is 74.4 Å². The quantitative estimate of drug-likeness (QED) is 0.175. The third-order valence-electron chi connectivity index (χ3n) is 9.22. The van der Waals surface area contributed by atoms with Crippen molar-refractivity contribution in [3.05, 3.63) is 188 Å². The fourth-order valence-electron chi connectivity index (χ4n) is 6.70. The van der Waals surface area contributed by atoms with Gasteiger partial charge in [-0.15, -0.1) is 0 Å². The highest BCUT2D eigenvalue weighted by Crippen LogP contribution is 2.41. The zero-order valence-corrected chi connectivity index (χ0v) is 27.9. The van der Waals surface area contributed by atoms with Crippen molar-refractivity contribution in [1.82, 2.24) is 15.0 Å². The average Bonchev–Trinajstić information content (AvgIpc) is 3.69. The molecule has 4 heteroatoms. The fourth-order valence-corrected chi connectivity index (χ4v) is 6.70. The molecule has 10 rings (SSSR count). The summed E-state index contributed by atoms with van der Waals surface area (Å²) in [5, 5.41) is 2.49. The molecule has 0 fully saturated rings. The van der Waals surface area contributed by atoms with Crippen molar-refractivity contribution in [2.24, 2.45) is 0 Å². The summed E-state index contributed by atoms with van der Waals surface area (Å²) in [6.07, 6.45) is 0. The molecule has 0 N–H and O–H groups in total. The largest absolute Gasteiger partial charge is 0.456 e. The van der Waals surface area contributed by atoms with Gasteiger partial charge in [0.1, 0.15) is 11.2 Å². The molecule has 248 valence electrons. The maximum Gasteiger partial charge on any atom is 0.164 e. The van der Waals surface area contributed by atoms with Gasteiger partial charge < -0.3 is 4.42 Å². The summed E-state index contributed by atoms with van der Waals surface area (Å²) in [6.45, 7) is 0. The second-order valence-electron chi connectivity index (χ2n) is 12.4. The van der Waals surface area contributed by atoms with Crippen LogP contribution in [0.4, 0.5) is 0 Å². The molecule has 53 heavy (non-hydrogen) atoms. The molecule has 0 saturated carbocycles. The zero-order chi connectivity index (χ0) is 43.8. The highest BCUT2D eigenvalue weighted by Gasteiger charge is 2.20. The van der Waals surface area contributed by atoms with Gasteiger partial charge in [0.25, 0.3) is 0 Å². The summed E-state index contributed by atoms with van der Waals surface area (Å²) in [5.41, 5.74) is 4.38. The van der Waals surface area contributed by atoms with E-state index in [0.29, 0.717) is 11.1 Å². The first-order valence-electron chi connectivity index (χ1n) is 22.0. The lowest BCUT2D eigenvalue weighted by atomic mass is 9.91. The van der Waals surface area contributed by atoms with Crippen molar-refractivity contribution in [2.45, 2.75) is 0 Å². The van der Waals surface area contributed by atoms with E-state index in [1.54, 1.807) is 30.3 Å². The van der Waals surface area contributed by atoms with E-state index in [4.69, 9.17) is 30.3 Å². The summed E-state index contributed by atoms with van der Waals surface area (Å²) in [7, 11) is 0. The van der Waals surface area contributed by atoms with Crippen molar-refractivity contribution in [3.8, 4) is 67.5 Å². The average molecular weight is 688 g/mol. The van der Waals surface area contributed by atoms with Crippen LogP contribution in [0, 0.1) is 0 Å². The molecule has 8 aromatic carbocycles. The molecule has 0 atom stereocenters. The number of fused-ring (bicyclic) bond motifs is 4. The first-order chi connectivity index (χ1) is 30.4. The summed E-state index contributed by atoms with van der Waals surface area (Å²) >= 11 is 0. The number of nitrogens with zero attached hydrogens (tertiary/aromatic N) is 3. The Balaban J connectivity index is 1.32. The van der Waals surface area contributed by atoms with Crippen LogP contribution in [0.15, 0.2) is 192 Å². The van der Waals surface area contributed by atoms with E-state index in [0.717, 1.165) is 33.0 Å². The summed E-state index contributed by atoms with van der Waals surface area (Å²) in [6, 6.07) is 35.8. The first-order valence-corrected chi connectivity index (χ1v) is 17.0. The van der Waals surface area contributed by atoms with Gasteiger partial charge in [0, 0.05) is 27.5 Å². The minimum absolute atomic E-state index is 0.0310. The van der Waals surface area contributed by atoms with Gasteiger partial charge in [0.2, 0.25) is 0 Å². The molecule has 0 bridgehead atoms. The van der Waals surface area contributed by atoms with Gasteiger partial charge in [-0.25, -0.2) is 15.0 Å². The third-order valence-corrected chi connectivity index (χ3v) is 9.22. The van der Waals surface area contributed by atoms with Gasteiger partial charge in [-0.1, -0.05) is 158 Å². The third kappa shape index (κ3) is 5.63. The van der Waals surface area contributed by atoms with E-state index < -0.39 is 30.2 Å². The number of para-hydroxylation sites is 1. The van der Waals surface area contributed by atoms with Crippen LogP contribution in [0.1, 0.15) is 13.7 Å². The summed E-state index contributed by atoms with van der Waals surface area (Å²) in [5.74, 6) is -0.361. The van der Waals surface area contributed by atoms with Crippen LogP contribution in [0.2, 0.25) is 0 Å². The van der Waals surface area contributed by atoms with E-state index in [2.05, 4.69) is 30.3 Å². The Kier molecular flexibility index (Phi) is 5.32. The van der Waals surface area contributed by atoms with Crippen LogP contribution in [0.3, 0.4) is 0 Å². The molecule has 0 aliphatic rings. The molecule has 0 aliphatic carbocycles. The predicted octanol–water partition coefficient (Wildman–Crippen LogP) is 12.9. The summed E-state index contributed by atoms with van der Waals surface area (Å²) in [4.78, 5) is 14.6. The second-order valence-corrected chi connectivity index (χ2v) is 12.4. The topological polar surface area (TPSA) is 51.8 Å². The number of aromatic nitrogens is 3. The van der Waals surface area contributed by atoms with Gasteiger partial charge in [0.05, 0.1) is 13.7 Å². The van der Waals surface area contributed by atoms with Crippen LogP contribution in [0.25, 0.3) is 100 Å². The molecule has 4 nitrogen and oxygen atoms in total. The Morgan fingerprint density at radius 3 is 1.89 bits per heavy atom. The minimum atomic E-state index is -0.593. The molecule has 0 saturated heterocycles. The molecule has 0 amide bonds. The smallest absolute Gasteiger partial charge is 0.164 e. The van der Waals surface area contributed by atoms with Crippen LogP contribution in [-0.2, 0) is 0 Å². The Morgan fingerprint density at radius 1 is 0.396 bits per heavy atom. The van der Waals surface area contributed by atoms with Gasteiger partial charge >= 0.3 is 0 Å². The van der Waals surface area contributed by atoms with Gasteiger partial charge in [-0.3, -0.25) is 0 Å². The number of furan rings is 1. The van der Waals surface area contributed by atoms with Gasteiger partial charge in [-0.2, -0.15) is 0 Å². The molecule has 2 aromatic heterocycles. The Hall–Kier alpha value is -7.17. The number of hydrogen-bond donors (Lipinski definition) is 0. The highest BCUT2D eigenvalue weighted by atomic mass is 16.3. The lowest BCUT2D eigenvalue weighted by molar-refractivity contribution is 0.669. The van der Waals surface area contributed by atoms with Crippen LogP contribution >= 0.6 is 0 Å². The van der Waals surface area contributed by atoms with E-state index in [1.165, 1.54) is 6.07 Å². The molecule has 0 radical (unpaired) electrons. The van der Waals surface area contributed by atoms with E-state index in [1.807, 2.05) is 60.7 Å². The maximum absolute atomic E-state index is 9.81. The Labute approximate surface area is 320 Å². The molecule has 0 spiro atoms. The SMILES string of the molecule is [2H]c1cc2c(oc3c([2H])c(-c4ccccc4)c([2H])c(-c4nc(-c5ccc(-c6ccc7ccccc7c6)c(-c6ccccc6)c5)nc(-c5c([2H])c([2H])c([2H])c([2H])c5[2H])n4)c32)c([2H])c1[2H].